The van der Waals surface area contributed by atoms with E-state index in [1.807, 2.05) is 0 Å². The Hall–Kier alpha value is -2.38. The first-order valence-corrected chi connectivity index (χ1v) is 9.52. The number of carbonyl (C=O) groups is 1. The highest BCUT2D eigenvalue weighted by Crippen LogP contribution is 2.64. The van der Waals surface area contributed by atoms with Gasteiger partial charge in [-0.3, -0.25) is 4.79 Å². The van der Waals surface area contributed by atoms with E-state index in [0.29, 0.717) is 18.5 Å². The van der Waals surface area contributed by atoms with Gasteiger partial charge in [-0.1, -0.05) is 12.1 Å². The lowest BCUT2D eigenvalue weighted by atomic mass is 9.91. The third kappa shape index (κ3) is 2.57. The molecule has 1 saturated heterocycles. The van der Waals surface area contributed by atoms with Gasteiger partial charge in [0.2, 0.25) is 0 Å². The monoisotopic (exact) mass is 393 g/mol. The summed E-state index contributed by atoms with van der Waals surface area (Å²) in [6.45, 7) is 0.245. The second kappa shape index (κ2) is 5.81. The predicted octanol–water partition coefficient (Wildman–Crippen LogP) is 3.91. The van der Waals surface area contributed by atoms with E-state index in [9.17, 15) is 22.4 Å². The molecule has 1 aromatic carbocycles. The number of aromatic nitrogens is 2. The molecule has 1 spiro atoms. The fourth-order valence-electron chi connectivity index (χ4n) is 4.76. The van der Waals surface area contributed by atoms with E-state index >= 15 is 0 Å². The number of hydrogen-bond acceptors (Lipinski definition) is 2. The maximum absolute atomic E-state index is 14.3. The number of benzene rings is 1. The summed E-state index contributed by atoms with van der Waals surface area (Å²) in [5.74, 6) is -2.06. The molecule has 0 N–H and O–H groups in total. The summed E-state index contributed by atoms with van der Waals surface area (Å²) in [5, 5.41) is 4.42. The molecule has 2 aliphatic carbocycles. The van der Waals surface area contributed by atoms with E-state index in [2.05, 4.69) is 5.10 Å². The summed E-state index contributed by atoms with van der Waals surface area (Å²) >= 11 is 0. The normalized spacial score (nSPS) is 22.7. The Morgan fingerprint density at radius 2 is 1.86 bits per heavy atom. The summed E-state index contributed by atoms with van der Waals surface area (Å²) in [5.41, 5.74) is 1.40. The van der Waals surface area contributed by atoms with Crippen molar-refractivity contribution in [2.75, 3.05) is 13.1 Å². The van der Waals surface area contributed by atoms with Crippen LogP contribution in [-0.2, 0) is 12.8 Å². The first-order valence-electron chi connectivity index (χ1n) is 9.52. The number of nitrogens with zero attached hydrogens (tertiary/aromatic N) is 3. The van der Waals surface area contributed by atoms with Crippen molar-refractivity contribution >= 4 is 5.91 Å². The van der Waals surface area contributed by atoms with Crippen molar-refractivity contribution in [2.24, 2.45) is 11.3 Å². The van der Waals surface area contributed by atoms with Crippen LogP contribution in [0.15, 0.2) is 24.3 Å². The maximum Gasteiger partial charge on any atom is 0.392 e. The van der Waals surface area contributed by atoms with Gasteiger partial charge in [-0.25, -0.2) is 9.07 Å². The highest BCUT2D eigenvalue weighted by molar-refractivity contribution is 5.95. The Labute approximate surface area is 159 Å². The molecule has 3 aliphatic rings. The van der Waals surface area contributed by atoms with Crippen LogP contribution in [0.4, 0.5) is 17.6 Å². The lowest BCUT2D eigenvalue weighted by molar-refractivity contribution is -0.163. The van der Waals surface area contributed by atoms with Crippen LogP contribution in [0.25, 0.3) is 5.69 Å². The number of carbonyl (C=O) groups excluding carboxylic acids is 1. The SMILES string of the molecule is O=C(c1nn(-c2ccccc2F)c2c1CCCC2)N1CC2(CC2C(F)(F)F)C1. The van der Waals surface area contributed by atoms with Crippen LogP contribution in [0.2, 0.25) is 0 Å². The number of alkyl halides is 3. The Bertz CT molecular complexity index is 959. The molecule has 1 atom stereocenters. The third-order valence-electron chi connectivity index (χ3n) is 6.35. The number of fused-ring (bicyclic) bond motifs is 1. The molecule has 1 aromatic heterocycles. The number of rotatable bonds is 2. The Kier molecular flexibility index (Phi) is 3.67. The molecule has 0 bridgehead atoms. The van der Waals surface area contributed by atoms with Gasteiger partial charge < -0.3 is 4.90 Å². The summed E-state index contributed by atoms with van der Waals surface area (Å²) in [4.78, 5) is 14.4. The van der Waals surface area contributed by atoms with Crippen molar-refractivity contribution in [3.63, 3.8) is 0 Å². The van der Waals surface area contributed by atoms with Gasteiger partial charge in [0, 0.05) is 29.8 Å². The van der Waals surface area contributed by atoms with E-state index in [-0.39, 0.29) is 31.1 Å². The minimum absolute atomic E-state index is 0.0993. The smallest absolute Gasteiger partial charge is 0.336 e. The largest absolute Gasteiger partial charge is 0.392 e. The van der Waals surface area contributed by atoms with Gasteiger partial charge in [-0.15, -0.1) is 0 Å². The zero-order valence-electron chi connectivity index (χ0n) is 15.1. The Morgan fingerprint density at radius 3 is 2.54 bits per heavy atom. The third-order valence-corrected chi connectivity index (χ3v) is 6.35. The van der Waals surface area contributed by atoms with Gasteiger partial charge in [0.05, 0.1) is 5.92 Å². The minimum atomic E-state index is -4.19. The minimum Gasteiger partial charge on any atom is -0.336 e. The van der Waals surface area contributed by atoms with Gasteiger partial charge in [-0.05, 0) is 44.2 Å². The molecule has 2 aromatic rings. The van der Waals surface area contributed by atoms with Crippen molar-refractivity contribution in [2.45, 2.75) is 38.3 Å². The molecular weight excluding hydrogens is 374 g/mol. The number of likely N-dealkylation sites (tertiary alicyclic amines) is 1. The van der Waals surface area contributed by atoms with E-state index in [0.717, 1.165) is 24.1 Å². The highest BCUT2D eigenvalue weighted by atomic mass is 19.4. The topological polar surface area (TPSA) is 38.1 Å². The van der Waals surface area contributed by atoms with Crippen LogP contribution < -0.4 is 0 Å². The molecule has 1 aliphatic heterocycles. The fraction of sp³-hybridized carbons (Fsp3) is 0.500. The summed E-state index contributed by atoms with van der Waals surface area (Å²) in [6, 6.07) is 6.26. The van der Waals surface area contributed by atoms with Gasteiger partial charge in [0.15, 0.2) is 5.69 Å². The van der Waals surface area contributed by atoms with Gasteiger partial charge in [0.1, 0.15) is 11.5 Å². The first-order chi connectivity index (χ1) is 13.3. The second-order valence-electron chi connectivity index (χ2n) is 8.17. The Balaban J connectivity index is 1.44. The molecular formula is C20H19F4N3O. The van der Waals surface area contributed by atoms with E-state index in [4.69, 9.17) is 0 Å². The fourth-order valence-corrected chi connectivity index (χ4v) is 4.76. The van der Waals surface area contributed by atoms with Gasteiger partial charge >= 0.3 is 6.18 Å². The standard InChI is InChI=1S/C20H19F4N3O/c21-13-6-2-4-8-15(13)27-14-7-3-1-5-12(14)17(25-27)18(28)26-10-19(11-26)9-16(19)20(22,23)24/h2,4,6,8,16H,1,3,5,7,9-11H2. The van der Waals surface area contributed by atoms with E-state index < -0.39 is 23.3 Å². The highest BCUT2D eigenvalue weighted by Gasteiger charge is 2.71. The Morgan fingerprint density at radius 1 is 1.14 bits per heavy atom. The lowest BCUT2D eigenvalue weighted by Gasteiger charge is -2.41. The van der Waals surface area contributed by atoms with Crippen molar-refractivity contribution in [1.82, 2.24) is 14.7 Å². The summed E-state index contributed by atoms with van der Waals surface area (Å²) in [7, 11) is 0. The molecule has 5 rings (SSSR count). The van der Waals surface area contributed by atoms with Crippen molar-refractivity contribution < 1.29 is 22.4 Å². The van der Waals surface area contributed by atoms with Crippen molar-refractivity contribution in [3.8, 4) is 5.69 Å². The molecule has 2 heterocycles. The van der Waals surface area contributed by atoms with Crippen LogP contribution in [0, 0.1) is 17.2 Å². The molecule has 28 heavy (non-hydrogen) atoms. The first kappa shape index (κ1) is 17.7. The molecule has 4 nitrogen and oxygen atoms in total. The molecule has 2 fully saturated rings. The van der Waals surface area contributed by atoms with E-state index in [1.54, 1.807) is 18.2 Å². The van der Waals surface area contributed by atoms with Crippen LogP contribution >= 0.6 is 0 Å². The zero-order valence-corrected chi connectivity index (χ0v) is 15.1. The van der Waals surface area contributed by atoms with Gasteiger partial charge in [0.25, 0.3) is 5.91 Å². The number of hydrogen-bond donors (Lipinski definition) is 0. The average Bonchev–Trinajstić information content (AvgIpc) is 3.30. The van der Waals surface area contributed by atoms with Crippen LogP contribution in [0.5, 0.6) is 0 Å². The number of halogens is 4. The van der Waals surface area contributed by atoms with Crippen LogP contribution in [0.1, 0.15) is 41.0 Å². The molecule has 8 heteroatoms. The maximum atomic E-state index is 14.3. The van der Waals surface area contributed by atoms with Gasteiger partial charge in [-0.2, -0.15) is 18.3 Å². The molecule has 1 unspecified atom stereocenters. The summed E-state index contributed by atoms with van der Waals surface area (Å²) < 4.78 is 54.5. The lowest BCUT2D eigenvalue weighted by Crippen LogP contribution is -2.53. The molecule has 1 saturated carbocycles. The average molecular weight is 393 g/mol. The molecule has 1 amide bonds. The zero-order chi connectivity index (χ0) is 19.7. The number of para-hydroxylation sites is 1. The van der Waals surface area contributed by atoms with Crippen LogP contribution in [-0.4, -0.2) is 39.9 Å². The van der Waals surface area contributed by atoms with Crippen LogP contribution in [0.3, 0.4) is 0 Å². The predicted molar refractivity (Wildman–Crippen MR) is 92.7 cm³/mol. The van der Waals surface area contributed by atoms with Crippen molar-refractivity contribution in [3.05, 3.63) is 47.0 Å². The summed E-state index contributed by atoms with van der Waals surface area (Å²) in [6.07, 6.45) is -0.876. The number of amides is 1. The second-order valence-corrected chi connectivity index (χ2v) is 8.17. The van der Waals surface area contributed by atoms with Crippen molar-refractivity contribution in [1.29, 1.82) is 0 Å². The quantitative estimate of drug-likeness (QED) is 0.726. The molecule has 148 valence electrons. The van der Waals surface area contributed by atoms with E-state index in [1.165, 1.54) is 15.6 Å². The molecule has 0 radical (unpaired) electrons.